The van der Waals surface area contributed by atoms with Crippen molar-refractivity contribution in [2.75, 3.05) is 20.3 Å². The van der Waals surface area contributed by atoms with E-state index in [2.05, 4.69) is 4.99 Å². The summed E-state index contributed by atoms with van der Waals surface area (Å²) in [6.07, 6.45) is 0.0883. The lowest BCUT2D eigenvalue weighted by Crippen LogP contribution is -2.20. The molecule has 9 heteroatoms. The Bertz CT molecular complexity index is 1260. The van der Waals surface area contributed by atoms with Crippen LogP contribution in [0.3, 0.4) is 0 Å². The molecule has 7 nitrogen and oxygen atoms in total. The average molecular weight is 477 g/mol. The number of fused-ring (bicyclic) bond motifs is 1. The molecule has 0 spiro atoms. The molecule has 2 aromatic carbocycles. The van der Waals surface area contributed by atoms with Gasteiger partial charge in [-0.1, -0.05) is 23.5 Å². The molecule has 0 saturated heterocycles. The third-order valence-electron chi connectivity index (χ3n) is 5.00. The van der Waals surface area contributed by atoms with Gasteiger partial charge in [0.15, 0.2) is 14.6 Å². The van der Waals surface area contributed by atoms with Crippen molar-refractivity contribution in [3.05, 3.63) is 52.8 Å². The van der Waals surface area contributed by atoms with Crippen molar-refractivity contribution in [1.82, 2.24) is 4.57 Å². The van der Waals surface area contributed by atoms with Gasteiger partial charge in [0.05, 0.1) is 40.5 Å². The van der Waals surface area contributed by atoms with Crippen LogP contribution < -0.4 is 9.54 Å². The lowest BCUT2D eigenvalue weighted by atomic mass is 10.1. The van der Waals surface area contributed by atoms with Crippen LogP contribution in [-0.4, -0.2) is 44.5 Å². The number of carbonyl (C=O) groups is 1. The fourth-order valence-electron chi connectivity index (χ4n) is 3.17. The van der Waals surface area contributed by atoms with Crippen LogP contribution in [0.15, 0.2) is 52.4 Å². The Morgan fingerprint density at radius 2 is 1.88 bits per heavy atom. The summed E-state index contributed by atoms with van der Waals surface area (Å²) >= 11 is 1.42. The Hall–Kier alpha value is -2.49. The number of sulfone groups is 1. The van der Waals surface area contributed by atoms with Crippen LogP contribution >= 0.6 is 11.3 Å². The number of benzene rings is 2. The largest absolute Gasteiger partial charge is 0.497 e. The zero-order valence-corrected chi connectivity index (χ0v) is 20.3. The Balaban J connectivity index is 1.88. The summed E-state index contributed by atoms with van der Waals surface area (Å²) in [6.45, 7) is 6.94. The Kier molecular flexibility index (Phi) is 7.86. The molecule has 0 N–H and O–H groups in total. The van der Waals surface area contributed by atoms with Crippen LogP contribution in [0.25, 0.3) is 10.2 Å². The molecule has 0 saturated carbocycles. The van der Waals surface area contributed by atoms with Crippen molar-refractivity contribution < 1.29 is 22.7 Å². The molecular formula is C23H28N2O5S2. The maximum atomic E-state index is 12.7. The Labute approximate surface area is 192 Å². The van der Waals surface area contributed by atoms with Crippen molar-refractivity contribution in [3.63, 3.8) is 0 Å². The summed E-state index contributed by atoms with van der Waals surface area (Å²) in [5.41, 5.74) is 1.68. The van der Waals surface area contributed by atoms with Crippen LogP contribution in [0, 0.1) is 0 Å². The summed E-state index contributed by atoms with van der Waals surface area (Å²) in [5, 5.41) is -0.497. The molecule has 0 fully saturated rings. The van der Waals surface area contributed by atoms with Crippen molar-refractivity contribution in [3.8, 4) is 5.75 Å². The molecule has 3 aromatic rings. The number of ether oxygens (including phenoxy) is 2. The van der Waals surface area contributed by atoms with E-state index in [1.807, 2.05) is 29.7 Å². The zero-order valence-electron chi connectivity index (χ0n) is 18.7. The summed E-state index contributed by atoms with van der Waals surface area (Å²) in [6, 6.07) is 12.2. The topological polar surface area (TPSA) is 87.0 Å². The molecule has 1 aromatic heterocycles. The summed E-state index contributed by atoms with van der Waals surface area (Å²) in [5.74, 6) is 0.443. The number of amides is 1. The first-order chi connectivity index (χ1) is 15.3. The molecule has 172 valence electrons. The highest BCUT2D eigenvalue weighted by Crippen LogP contribution is 2.23. The third-order valence-corrected chi connectivity index (χ3v) is 8.21. The van der Waals surface area contributed by atoms with Gasteiger partial charge in [0.25, 0.3) is 5.91 Å². The third kappa shape index (κ3) is 5.46. The highest BCUT2D eigenvalue weighted by molar-refractivity contribution is 7.92. The minimum absolute atomic E-state index is 0.0883. The lowest BCUT2D eigenvalue weighted by Gasteiger charge is -2.08. The number of nitrogens with zero attached hydrogens (tertiary/aromatic N) is 2. The number of hydrogen-bond donors (Lipinski definition) is 0. The van der Waals surface area contributed by atoms with Crippen molar-refractivity contribution >= 4 is 37.3 Å². The smallest absolute Gasteiger partial charge is 0.252 e. The van der Waals surface area contributed by atoms with Gasteiger partial charge in [0, 0.05) is 13.2 Å². The number of rotatable bonds is 9. The molecule has 3 rings (SSSR count). The van der Waals surface area contributed by atoms with Gasteiger partial charge in [-0.3, -0.25) is 4.79 Å². The molecule has 0 atom stereocenters. The maximum absolute atomic E-state index is 12.7. The second-order valence-corrected chi connectivity index (χ2v) is 11.0. The molecule has 0 aliphatic heterocycles. The first kappa shape index (κ1) is 24.2. The number of carbonyl (C=O) groups excluding carboxylic acids is 1. The normalized spacial score (nSPS) is 12.6. The lowest BCUT2D eigenvalue weighted by molar-refractivity contribution is -0.117. The Morgan fingerprint density at radius 1 is 1.16 bits per heavy atom. The fraction of sp³-hybridized carbons (Fsp3) is 0.391. The average Bonchev–Trinajstić information content (AvgIpc) is 3.10. The quantitative estimate of drug-likeness (QED) is 0.441. The Morgan fingerprint density at radius 3 is 2.50 bits per heavy atom. The van der Waals surface area contributed by atoms with Crippen LogP contribution in [0.2, 0.25) is 0 Å². The molecule has 0 aliphatic carbocycles. The molecule has 0 aliphatic rings. The molecule has 1 heterocycles. The molecule has 0 radical (unpaired) electrons. The molecular weight excluding hydrogens is 448 g/mol. The molecule has 32 heavy (non-hydrogen) atoms. The van der Waals surface area contributed by atoms with Gasteiger partial charge in [0.2, 0.25) is 0 Å². The van der Waals surface area contributed by atoms with Gasteiger partial charge < -0.3 is 14.0 Å². The van der Waals surface area contributed by atoms with E-state index in [0.29, 0.717) is 30.1 Å². The van der Waals surface area contributed by atoms with E-state index >= 15 is 0 Å². The van der Waals surface area contributed by atoms with Crippen LogP contribution in [0.5, 0.6) is 5.75 Å². The minimum Gasteiger partial charge on any atom is -0.497 e. The molecule has 1 amide bonds. The van der Waals surface area contributed by atoms with E-state index in [1.54, 1.807) is 45.2 Å². The standard InChI is InChI=1S/C23H28N2O5S2/c1-5-30-13-12-25-20-11-8-18(29-4)15-21(20)31-23(25)24-22(26)14-17-6-9-19(10-7-17)32(27,28)16(2)3/h6-11,15-16H,5,12-14H2,1-4H3. The van der Waals surface area contributed by atoms with Gasteiger partial charge in [-0.2, -0.15) is 4.99 Å². The number of aromatic nitrogens is 1. The molecule has 0 unspecified atom stereocenters. The monoisotopic (exact) mass is 476 g/mol. The van der Waals surface area contributed by atoms with Crippen molar-refractivity contribution in [1.29, 1.82) is 0 Å². The highest BCUT2D eigenvalue weighted by atomic mass is 32.2. The fourth-order valence-corrected chi connectivity index (χ4v) is 5.33. The summed E-state index contributed by atoms with van der Waals surface area (Å²) in [4.78, 5) is 17.9. The predicted molar refractivity (Wildman–Crippen MR) is 126 cm³/mol. The van der Waals surface area contributed by atoms with Gasteiger partial charge >= 0.3 is 0 Å². The van der Waals surface area contributed by atoms with E-state index in [1.165, 1.54) is 11.3 Å². The van der Waals surface area contributed by atoms with E-state index in [-0.39, 0.29) is 17.2 Å². The predicted octanol–water partition coefficient (Wildman–Crippen LogP) is 3.60. The SMILES string of the molecule is CCOCCn1c(=NC(=O)Cc2ccc(S(=O)(=O)C(C)C)cc2)sc2cc(OC)ccc21. The minimum atomic E-state index is -3.34. The van der Waals surface area contributed by atoms with Crippen LogP contribution in [0.1, 0.15) is 26.3 Å². The second-order valence-electron chi connectivity index (χ2n) is 7.49. The van der Waals surface area contributed by atoms with Gasteiger partial charge in [-0.15, -0.1) is 0 Å². The van der Waals surface area contributed by atoms with Crippen LogP contribution in [-0.2, 0) is 32.3 Å². The van der Waals surface area contributed by atoms with Gasteiger partial charge in [0.1, 0.15) is 5.75 Å². The second kappa shape index (κ2) is 10.4. The van der Waals surface area contributed by atoms with Gasteiger partial charge in [-0.25, -0.2) is 8.42 Å². The maximum Gasteiger partial charge on any atom is 0.252 e. The summed E-state index contributed by atoms with van der Waals surface area (Å²) < 4.78 is 38.3. The number of hydrogen-bond acceptors (Lipinski definition) is 6. The van der Waals surface area contributed by atoms with E-state index in [9.17, 15) is 13.2 Å². The zero-order chi connectivity index (χ0) is 23.3. The summed E-state index contributed by atoms with van der Waals surface area (Å²) in [7, 11) is -1.72. The first-order valence-corrected chi connectivity index (χ1v) is 12.8. The number of thiazole rings is 1. The van der Waals surface area contributed by atoms with E-state index < -0.39 is 15.1 Å². The van der Waals surface area contributed by atoms with Crippen molar-refractivity contribution in [2.45, 2.75) is 43.9 Å². The van der Waals surface area contributed by atoms with E-state index in [0.717, 1.165) is 16.0 Å². The van der Waals surface area contributed by atoms with Crippen LogP contribution in [0.4, 0.5) is 0 Å². The van der Waals surface area contributed by atoms with E-state index in [4.69, 9.17) is 9.47 Å². The number of methoxy groups -OCH3 is 1. The van der Waals surface area contributed by atoms with Gasteiger partial charge in [-0.05, 0) is 56.7 Å². The van der Waals surface area contributed by atoms with Crippen molar-refractivity contribution in [2.24, 2.45) is 4.99 Å². The highest BCUT2D eigenvalue weighted by Gasteiger charge is 2.19. The molecule has 0 bridgehead atoms. The first-order valence-electron chi connectivity index (χ1n) is 10.4.